The van der Waals surface area contributed by atoms with Crippen molar-refractivity contribution in [3.8, 4) is 0 Å². The largest absolute Gasteiger partial charge is 0.349 e. The molecule has 0 unspecified atom stereocenters. The molecule has 1 aliphatic rings. The number of benzene rings is 2. The van der Waals surface area contributed by atoms with E-state index in [1.807, 2.05) is 32.0 Å². The third kappa shape index (κ3) is 2.90. The summed E-state index contributed by atoms with van der Waals surface area (Å²) in [5, 5.41) is 3.29. The first-order valence-electron chi connectivity index (χ1n) is 7.27. The molecule has 1 aliphatic heterocycles. The van der Waals surface area contributed by atoms with Gasteiger partial charge in [-0.3, -0.25) is 9.59 Å². The SMILES string of the molecule is Cc1ccc(C)c(NC2=C(Cl)C(=O)N(c3cccc(Cl)c3)C2=O)c1. The maximum absolute atomic E-state index is 12.7. The van der Waals surface area contributed by atoms with Gasteiger partial charge in [-0.1, -0.05) is 41.4 Å². The molecule has 0 saturated carbocycles. The van der Waals surface area contributed by atoms with Gasteiger partial charge in [0.05, 0.1) is 5.69 Å². The summed E-state index contributed by atoms with van der Waals surface area (Å²) < 4.78 is 0. The highest BCUT2D eigenvalue weighted by Crippen LogP contribution is 2.32. The molecule has 0 spiro atoms. The van der Waals surface area contributed by atoms with Gasteiger partial charge in [-0.15, -0.1) is 0 Å². The fourth-order valence-electron chi connectivity index (χ4n) is 2.47. The number of hydrogen-bond donors (Lipinski definition) is 1. The van der Waals surface area contributed by atoms with Crippen molar-refractivity contribution in [2.75, 3.05) is 10.2 Å². The summed E-state index contributed by atoms with van der Waals surface area (Å²) in [6.45, 7) is 3.85. The predicted molar refractivity (Wildman–Crippen MR) is 96.4 cm³/mol. The molecule has 0 fully saturated rings. The second-order valence-electron chi connectivity index (χ2n) is 5.56. The lowest BCUT2D eigenvalue weighted by molar-refractivity contribution is -0.120. The standard InChI is InChI=1S/C18H14Cl2N2O2/c1-10-6-7-11(2)14(8-10)21-16-15(20)17(23)22(18(16)24)13-5-3-4-12(19)9-13/h3-9,21H,1-2H3. The van der Waals surface area contributed by atoms with E-state index in [1.165, 1.54) is 0 Å². The molecule has 1 N–H and O–H groups in total. The second-order valence-corrected chi connectivity index (χ2v) is 6.37. The van der Waals surface area contributed by atoms with Crippen molar-refractivity contribution < 1.29 is 9.59 Å². The molecular weight excluding hydrogens is 347 g/mol. The lowest BCUT2D eigenvalue weighted by Crippen LogP contribution is -2.32. The minimum atomic E-state index is -0.572. The fraction of sp³-hybridized carbons (Fsp3) is 0.111. The Hall–Kier alpha value is -2.30. The second kappa shape index (κ2) is 6.30. The number of hydrogen-bond acceptors (Lipinski definition) is 3. The zero-order valence-corrected chi connectivity index (χ0v) is 14.6. The van der Waals surface area contributed by atoms with Crippen LogP contribution < -0.4 is 10.2 Å². The topological polar surface area (TPSA) is 49.4 Å². The summed E-state index contributed by atoms with van der Waals surface area (Å²) in [6, 6.07) is 12.3. The maximum Gasteiger partial charge on any atom is 0.283 e. The molecule has 3 rings (SSSR count). The van der Waals surface area contributed by atoms with Gasteiger partial charge in [0.2, 0.25) is 0 Å². The predicted octanol–water partition coefficient (Wildman–Crippen LogP) is 4.39. The minimum Gasteiger partial charge on any atom is -0.349 e. The summed E-state index contributed by atoms with van der Waals surface area (Å²) in [7, 11) is 0. The Morgan fingerprint density at radius 2 is 1.71 bits per heavy atom. The van der Waals surface area contributed by atoms with E-state index >= 15 is 0 Å². The number of carbonyl (C=O) groups excluding carboxylic acids is 2. The van der Waals surface area contributed by atoms with Crippen molar-refractivity contribution >= 4 is 46.4 Å². The summed E-state index contributed by atoms with van der Waals surface area (Å²) in [5.41, 5.74) is 3.16. The van der Waals surface area contributed by atoms with Crippen LogP contribution in [-0.2, 0) is 9.59 Å². The van der Waals surface area contributed by atoms with Crippen LogP contribution in [0.5, 0.6) is 0 Å². The summed E-state index contributed by atoms with van der Waals surface area (Å²) >= 11 is 12.1. The van der Waals surface area contributed by atoms with Gasteiger partial charge in [0.1, 0.15) is 10.7 Å². The third-order valence-corrected chi connectivity index (χ3v) is 4.33. The third-order valence-electron chi connectivity index (χ3n) is 3.75. The van der Waals surface area contributed by atoms with E-state index in [2.05, 4.69) is 5.32 Å². The van der Waals surface area contributed by atoms with Crippen molar-refractivity contribution in [2.45, 2.75) is 13.8 Å². The van der Waals surface area contributed by atoms with Gasteiger partial charge in [0.15, 0.2) is 0 Å². The maximum atomic E-state index is 12.7. The Balaban J connectivity index is 1.96. The van der Waals surface area contributed by atoms with Crippen LogP contribution in [-0.4, -0.2) is 11.8 Å². The van der Waals surface area contributed by atoms with Crippen molar-refractivity contribution in [2.24, 2.45) is 0 Å². The van der Waals surface area contributed by atoms with Gasteiger partial charge in [-0.2, -0.15) is 0 Å². The van der Waals surface area contributed by atoms with Crippen LogP contribution in [0.25, 0.3) is 0 Å². The lowest BCUT2D eigenvalue weighted by atomic mass is 10.1. The van der Waals surface area contributed by atoms with Gasteiger partial charge in [-0.05, 0) is 49.2 Å². The Morgan fingerprint density at radius 3 is 2.42 bits per heavy atom. The summed E-state index contributed by atoms with van der Waals surface area (Å²) in [6.07, 6.45) is 0. The van der Waals surface area contributed by atoms with E-state index in [-0.39, 0.29) is 10.7 Å². The van der Waals surface area contributed by atoms with Crippen LogP contribution in [0.15, 0.2) is 53.2 Å². The number of amides is 2. The fourth-order valence-corrected chi connectivity index (χ4v) is 2.86. The normalized spacial score (nSPS) is 14.6. The van der Waals surface area contributed by atoms with E-state index in [9.17, 15) is 9.59 Å². The number of anilines is 2. The average Bonchev–Trinajstić information content (AvgIpc) is 2.74. The van der Waals surface area contributed by atoms with E-state index in [0.29, 0.717) is 10.7 Å². The van der Waals surface area contributed by atoms with Gasteiger partial charge in [0.25, 0.3) is 11.8 Å². The van der Waals surface area contributed by atoms with E-state index in [0.717, 1.165) is 21.7 Å². The molecule has 2 aromatic rings. The molecule has 24 heavy (non-hydrogen) atoms. The zero-order chi connectivity index (χ0) is 17.4. The van der Waals surface area contributed by atoms with Crippen LogP contribution >= 0.6 is 23.2 Å². The number of imide groups is 1. The number of rotatable bonds is 3. The molecule has 0 atom stereocenters. The molecule has 0 radical (unpaired) electrons. The Morgan fingerprint density at radius 1 is 0.958 bits per heavy atom. The first kappa shape index (κ1) is 16.6. The molecule has 0 aromatic heterocycles. The monoisotopic (exact) mass is 360 g/mol. The highest BCUT2D eigenvalue weighted by Gasteiger charge is 2.39. The number of nitrogens with zero attached hydrogens (tertiary/aromatic N) is 1. The summed E-state index contributed by atoms with van der Waals surface area (Å²) in [5.74, 6) is -1.08. The number of aryl methyl sites for hydroxylation is 2. The van der Waals surface area contributed by atoms with Gasteiger partial charge in [0, 0.05) is 10.7 Å². The van der Waals surface area contributed by atoms with Gasteiger partial charge < -0.3 is 5.32 Å². The molecule has 2 aromatic carbocycles. The van der Waals surface area contributed by atoms with E-state index < -0.39 is 11.8 Å². The molecule has 1 heterocycles. The molecule has 4 nitrogen and oxygen atoms in total. The van der Waals surface area contributed by atoms with Crippen molar-refractivity contribution in [1.82, 2.24) is 0 Å². The molecule has 0 bridgehead atoms. The zero-order valence-electron chi connectivity index (χ0n) is 13.1. The Bertz CT molecular complexity index is 890. The molecule has 6 heteroatoms. The van der Waals surface area contributed by atoms with Crippen LogP contribution in [0, 0.1) is 13.8 Å². The molecule has 2 amide bonds. The van der Waals surface area contributed by atoms with E-state index in [4.69, 9.17) is 23.2 Å². The Kier molecular flexibility index (Phi) is 4.35. The van der Waals surface area contributed by atoms with Crippen LogP contribution in [0.4, 0.5) is 11.4 Å². The molecular formula is C18H14Cl2N2O2. The summed E-state index contributed by atoms with van der Waals surface area (Å²) in [4.78, 5) is 26.1. The van der Waals surface area contributed by atoms with Gasteiger partial charge in [-0.25, -0.2) is 4.90 Å². The molecule has 122 valence electrons. The number of carbonyl (C=O) groups is 2. The van der Waals surface area contributed by atoms with E-state index in [1.54, 1.807) is 24.3 Å². The quantitative estimate of drug-likeness (QED) is 0.825. The van der Waals surface area contributed by atoms with Crippen molar-refractivity contribution in [1.29, 1.82) is 0 Å². The average molecular weight is 361 g/mol. The van der Waals surface area contributed by atoms with Crippen LogP contribution in [0.2, 0.25) is 5.02 Å². The minimum absolute atomic E-state index is 0.0651. The highest BCUT2D eigenvalue weighted by atomic mass is 35.5. The molecule has 0 aliphatic carbocycles. The van der Waals surface area contributed by atoms with Crippen LogP contribution in [0.3, 0.4) is 0 Å². The lowest BCUT2D eigenvalue weighted by Gasteiger charge is -2.16. The van der Waals surface area contributed by atoms with Gasteiger partial charge >= 0.3 is 0 Å². The first-order valence-corrected chi connectivity index (χ1v) is 8.02. The van der Waals surface area contributed by atoms with Crippen molar-refractivity contribution in [3.63, 3.8) is 0 Å². The van der Waals surface area contributed by atoms with Crippen LogP contribution in [0.1, 0.15) is 11.1 Å². The highest BCUT2D eigenvalue weighted by molar-refractivity contribution is 6.53. The molecule has 0 saturated heterocycles. The van der Waals surface area contributed by atoms with Crippen molar-refractivity contribution in [3.05, 3.63) is 69.3 Å². The number of nitrogens with one attached hydrogen (secondary N) is 1. The smallest absolute Gasteiger partial charge is 0.283 e. The number of halogens is 2. The first-order chi connectivity index (χ1) is 11.4. The Labute approximate surface area is 149 Å².